The van der Waals surface area contributed by atoms with Crippen molar-refractivity contribution in [1.29, 1.82) is 10.5 Å². The van der Waals surface area contributed by atoms with E-state index >= 15 is 0 Å². The van der Waals surface area contributed by atoms with Gasteiger partial charge in [-0.3, -0.25) is 9.59 Å². The van der Waals surface area contributed by atoms with Gasteiger partial charge in [0, 0.05) is 59.8 Å². The second-order valence-electron chi connectivity index (χ2n) is 13.3. The zero-order valence-electron chi connectivity index (χ0n) is 29.0. The van der Waals surface area contributed by atoms with E-state index in [9.17, 15) is 9.59 Å². The van der Waals surface area contributed by atoms with Crippen LogP contribution in [0.15, 0.2) is 61.2 Å². The van der Waals surface area contributed by atoms with Gasteiger partial charge in [0.1, 0.15) is 23.3 Å². The third kappa shape index (κ3) is 6.45. The molecule has 14 heteroatoms. The first-order valence-electron chi connectivity index (χ1n) is 16.7. The SMILES string of the molecule is Cc1ncc(-c2cc(N)c3cnc(NC(=O)[C@@H]4C[C@H]4C#N)cc3c2)n1C.Cc1ncc(-c2cc(N)c3cnc(NC(=O)[C@H]4C[C@@H]4C#N)cc3c2)n1C. The van der Waals surface area contributed by atoms with Crippen molar-refractivity contribution in [1.82, 2.24) is 29.1 Å². The highest BCUT2D eigenvalue weighted by molar-refractivity contribution is 6.01. The lowest BCUT2D eigenvalue weighted by Gasteiger charge is -2.10. The van der Waals surface area contributed by atoms with Crippen molar-refractivity contribution < 1.29 is 9.59 Å². The molecule has 2 fully saturated rings. The van der Waals surface area contributed by atoms with Crippen molar-refractivity contribution in [2.24, 2.45) is 37.8 Å². The van der Waals surface area contributed by atoms with E-state index in [1.54, 1.807) is 24.5 Å². The zero-order chi connectivity index (χ0) is 36.8. The van der Waals surface area contributed by atoms with Crippen LogP contribution in [0, 0.1) is 60.2 Å². The number of fused-ring (bicyclic) bond motifs is 2. The maximum atomic E-state index is 12.1. The molecular formula is C38H36N12O2. The third-order valence-electron chi connectivity index (χ3n) is 9.86. The van der Waals surface area contributed by atoms with Crippen LogP contribution in [-0.2, 0) is 23.7 Å². The van der Waals surface area contributed by atoms with Gasteiger partial charge in [-0.2, -0.15) is 10.5 Å². The van der Waals surface area contributed by atoms with Crippen LogP contribution in [0.2, 0.25) is 0 Å². The normalized spacial score (nSPS) is 18.5. The third-order valence-corrected chi connectivity index (χ3v) is 9.86. The Hall–Kier alpha value is -6.80. The van der Waals surface area contributed by atoms with Crippen molar-refractivity contribution in [3.8, 4) is 34.7 Å². The van der Waals surface area contributed by atoms with E-state index < -0.39 is 0 Å². The Morgan fingerprint density at radius 1 is 0.673 bits per heavy atom. The number of pyridine rings is 2. The fraction of sp³-hybridized carbons (Fsp3) is 0.263. The van der Waals surface area contributed by atoms with Gasteiger partial charge in [0.2, 0.25) is 11.8 Å². The summed E-state index contributed by atoms with van der Waals surface area (Å²) in [5, 5.41) is 26.7. The minimum atomic E-state index is -0.230. The molecule has 4 heterocycles. The molecule has 0 radical (unpaired) electrons. The Labute approximate surface area is 299 Å². The van der Waals surface area contributed by atoms with Crippen molar-refractivity contribution in [3.05, 3.63) is 72.8 Å². The van der Waals surface area contributed by atoms with Gasteiger partial charge in [-0.15, -0.1) is 0 Å². The smallest absolute Gasteiger partial charge is 0.230 e. The molecule has 4 atom stereocenters. The number of nitriles is 2. The number of nitrogens with zero attached hydrogens (tertiary/aromatic N) is 8. The lowest BCUT2D eigenvalue weighted by atomic mass is 10.0. The molecule has 0 bridgehead atoms. The molecule has 2 saturated carbocycles. The van der Waals surface area contributed by atoms with E-state index in [2.05, 4.69) is 42.7 Å². The number of anilines is 4. The van der Waals surface area contributed by atoms with Gasteiger partial charge >= 0.3 is 0 Å². The van der Waals surface area contributed by atoms with E-state index in [1.807, 2.05) is 73.7 Å². The number of nitrogen functional groups attached to an aromatic ring is 2. The van der Waals surface area contributed by atoms with Gasteiger partial charge in [0.15, 0.2) is 0 Å². The first kappa shape index (κ1) is 33.7. The largest absolute Gasteiger partial charge is 0.398 e. The molecule has 0 saturated heterocycles. The topological polar surface area (TPSA) is 219 Å². The molecule has 14 nitrogen and oxygen atoms in total. The number of hydrogen-bond donors (Lipinski definition) is 4. The number of benzene rings is 2. The zero-order valence-corrected chi connectivity index (χ0v) is 29.0. The van der Waals surface area contributed by atoms with E-state index in [0.717, 1.165) is 55.7 Å². The number of aromatic nitrogens is 6. The van der Waals surface area contributed by atoms with Gasteiger partial charge in [-0.05, 0) is 73.9 Å². The second kappa shape index (κ2) is 13.2. The summed E-state index contributed by atoms with van der Waals surface area (Å²) in [7, 11) is 3.91. The fourth-order valence-corrected chi connectivity index (χ4v) is 6.24. The summed E-state index contributed by atoms with van der Waals surface area (Å²) in [6.07, 6.45) is 8.18. The van der Waals surface area contributed by atoms with Crippen molar-refractivity contribution in [3.63, 3.8) is 0 Å². The summed E-state index contributed by atoms with van der Waals surface area (Å²) in [6, 6.07) is 15.7. The fourth-order valence-electron chi connectivity index (χ4n) is 6.24. The molecule has 0 unspecified atom stereocenters. The van der Waals surface area contributed by atoms with Crippen LogP contribution in [0.5, 0.6) is 0 Å². The molecular weight excluding hydrogens is 656 g/mol. The van der Waals surface area contributed by atoms with Crippen molar-refractivity contribution in [2.75, 3.05) is 22.1 Å². The quantitative estimate of drug-likeness (QED) is 0.166. The molecule has 2 aliphatic carbocycles. The molecule has 2 aromatic carbocycles. The highest BCUT2D eigenvalue weighted by Crippen LogP contribution is 2.40. The highest BCUT2D eigenvalue weighted by atomic mass is 16.2. The summed E-state index contributed by atoms with van der Waals surface area (Å²) in [5.41, 5.74) is 17.5. The minimum absolute atomic E-state index is 0.158. The van der Waals surface area contributed by atoms with Crippen LogP contribution < -0.4 is 22.1 Å². The Morgan fingerprint density at radius 2 is 1.08 bits per heavy atom. The first-order valence-corrected chi connectivity index (χ1v) is 16.7. The van der Waals surface area contributed by atoms with Crippen LogP contribution in [-0.4, -0.2) is 40.9 Å². The Balaban J connectivity index is 0.000000162. The van der Waals surface area contributed by atoms with Crippen LogP contribution in [0.3, 0.4) is 0 Å². The highest BCUT2D eigenvalue weighted by Gasteiger charge is 2.44. The number of hydrogen-bond acceptors (Lipinski definition) is 10. The van der Waals surface area contributed by atoms with Crippen LogP contribution in [0.1, 0.15) is 24.5 Å². The number of rotatable bonds is 6. The van der Waals surface area contributed by atoms with Crippen molar-refractivity contribution in [2.45, 2.75) is 26.7 Å². The summed E-state index contributed by atoms with van der Waals surface area (Å²) in [4.78, 5) is 41.5. The van der Waals surface area contributed by atoms with E-state index in [0.29, 0.717) is 35.9 Å². The summed E-state index contributed by atoms with van der Waals surface area (Å²) in [5.74, 6) is 1.63. The molecule has 4 aromatic heterocycles. The molecule has 260 valence electrons. The van der Waals surface area contributed by atoms with E-state index in [4.69, 9.17) is 22.0 Å². The lowest BCUT2D eigenvalue weighted by molar-refractivity contribution is -0.118. The molecule has 0 aliphatic heterocycles. The Kier molecular flexibility index (Phi) is 8.52. The molecule has 8 rings (SSSR count). The van der Waals surface area contributed by atoms with E-state index in [-0.39, 0.29) is 35.5 Å². The van der Waals surface area contributed by atoms with Gasteiger partial charge in [-0.1, -0.05) is 0 Å². The van der Waals surface area contributed by atoms with Crippen LogP contribution in [0.4, 0.5) is 23.0 Å². The minimum Gasteiger partial charge on any atom is -0.398 e. The number of amides is 2. The number of imidazole rings is 2. The number of carbonyl (C=O) groups is 2. The number of aryl methyl sites for hydroxylation is 2. The van der Waals surface area contributed by atoms with Gasteiger partial charge in [0.05, 0.1) is 59.6 Å². The van der Waals surface area contributed by atoms with E-state index in [1.165, 1.54) is 0 Å². The molecule has 52 heavy (non-hydrogen) atoms. The van der Waals surface area contributed by atoms with Gasteiger partial charge in [-0.25, -0.2) is 19.9 Å². The maximum absolute atomic E-state index is 12.1. The van der Waals surface area contributed by atoms with Crippen LogP contribution in [0.25, 0.3) is 44.1 Å². The summed E-state index contributed by atoms with van der Waals surface area (Å²) >= 11 is 0. The average Bonchev–Trinajstić information content (AvgIpc) is 4.04. The molecule has 2 amide bonds. The molecule has 2 aliphatic rings. The van der Waals surface area contributed by atoms with Crippen LogP contribution >= 0.6 is 0 Å². The molecule has 6 N–H and O–H groups in total. The molecule has 6 aromatic rings. The predicted octanol–water partition coefficient (Wildman–Crippen LogP) is 5.25. The number of nitrogens with two attached hydrogens (primary N) is 2. The summed E-state index contributed by atoms with van der Waals surface area (Å²) < 4.78 is 4.00. The van der Waals surface area contributed by atoms with Crippen molar-refractivity contribution >= 4 is 56.4 Å². The Morgan fingerprint density at radius 3 is 1.40 bits per heavy atom. The lowest BCUT2D eigenvalue weighted by Crippen LogP contribution is -2.15. The maximum Gasteiger partial charge on any atom is 0.230 e. The Bertz CT molecular complexity index is 2330. The molecule has 0 spiro atoms. The monoisotopic (exact) mass is 692 g/mol. The first-order chi connectivity index (χ1) is 24.9. The number of carbonyl (C=O) groups excluding carboxylic acids is 2. The average molecular weight is 693 g/mol. The van der Waals surface area contributed by atoms with Gasteiger partial charge in [0.25, 0.3) is 0 Å². The summed E-state index contributed by atoms with van der Waals surface area (Å²) in [6.45, 7) is 3.88. The van der Waals surface area contributed by atoms with Gasteiger partial charge < -0.3 is 31.2 Å². The predicted molar refractivity (Wildman–Crippen MR) is 198 cm³/mol. The number of nitrogens with one attached hydrogen (secondary N) is 2. The standard InChI is InChI=1S/2C19H18N6O/c2*1-10-22-9-17(25(10)2)12-3-11-6-18(23-8-15(11)16(21)5-12)24-19(26)14-4-13(14)7-20/h2*3,5-6,8-9,13-14H,4,21H2,1-2H3,(H,23,24,26)/t2*13-,14+/m10/s1. The second-order valence-corrected chi connectivity index (χ2v) is 13.3.